The van der Waals surface area contributed by atoms with Gasteiger partial charge in [-0.05, 0) is 19.9 Å². The van der Waals surface area contributed by atoms with Crippen LogP contribution in [-0.2, 0) is 10.9 Å². The number of halogens is 3. The Morgan fingerprint density at radius 2 is 1.86 bits per heavy atom. The van der Waals surface area contributed by atoms with Gasteiger partial charge >= 0.3 is 6.18 Å². The zero-order valence-electron chi connectivity index (χ0n) is 12.1. The molecule has 2 heterocycles. The molecular formula is C15H14F3N3O. The molecule has 116 valence electrons. The molecule has 22 heavy (non-hydrogen) atoms. The van der Waals surface area contributed by atoms with Crippen molar-refractivity contribution < 1.29 is 17.9 Å². The predicted octanol–water partition coefficient (Wildman–Crippen LogP) is 4.09. The van der Waals surface area contributed by atoms with E-state index >= 15 is 0 Å². The first-order chi connectivity index (χ1) is 10.3. The van der Waals surface area contributed by atoms with E-state index in [1.807, 2.05) is 0 Å². The van der Waals surface area contributed by atoms with E-state index in [4.69, 9.17) is 4.74 Å². The summed E-state index contributed by atoms with van der Waals surface area (Å²) in [6, 6.07) is 2.27. The Kier molecular flexibility index (Phi) is 4.44. The summed E-state index contributed by atoms with van der Waals surface area (Å²) in [5, 5.41) is 0. The van der Waals surface area contributed by atoms with Gasteiger partial charge in [0.25, 0.3) is 0 Å². The molecule has 0 spiro atoms. The topological polar surface area (TPSA) is 47.9 Å². The smallest absolute Gasteiger partial charge is 0.433 e. The second-order valence-corrected chi connectivity index (χ2v) is 4.60. The van der Waals surface area contributed by atoms with Gasteiger partial charge in [0, 0.05) is 23.5 Å². The van der Waals surface area contributed by atoms with Crippen LogP contribution in [0, 0.1) is 6.92 Å². The average Bonchev–Trinajstić information content (AvgIpc) is 2.47. The van der Waals surface area contributed by atoms with E-state index in [1.54, 1.807) is 13.8 Å². The number of aryl methyl sites for hydroxylation is 1. The monoisotopic (exact) mass is 309 g/mol. The molecule has 0 aromatic carbocycles. The SMILES string of the molecule is C=COC(C)c1ccc(C(F)(F)F)nc1-c1cnc(C)nc1. The van der Waals surface area contributed by atoms with Crippen LogP contribution in [0.4, 0.5) is 13.2 Å². The fourth-order valence-corrected chi connectivity index (χ4v) is 1.92. The van der Waals surface area contributed by atoms with Crippen molar-refractivity contribution in [2.75, 3.05) is 0 Å². The number of alkyl halides is 3. The van der Waals surface area contributed by atoms with Crippen LogP contribution in [-0.4, -0.2) is 15.0 Å². The quantitative estimate of drug-likeness (QED) is 0.798. The number of hydrogen-bond donors (Lipinski definition) is 0. The molecule has 0 aliphatic carbocycles. The highest BCUT2D eigenvalue weighted by Crippen LogP contribution is 2.33. The minimum Gasteiger partial charge on any atom is -0.494 e. The average molecular weight is 309 g/mol. The summed E-state index contributed by atoms with van der Waals surface area (Å²) >= 11 is 0. The lowest BCUT2D eigenvalue weighted by atomic mass is 10.0. The first kappa shape index (κ1) is 15.9. The first-order valence-corrected chi connectivity index (χ1v) is 6.46. The second kappa shape index (κ2) is 6.13. The van der Waals surface area contributed by atoms with Gasteiger partial charge in [-0.2, -0.15) is 13.2 Å². The lowest BCUT2D eigenvalue weighted by Gasteiger charge is -2.17. The van der Waals surface area contributed by atoms with Crippen molar-refractivity contribution >= 4 is 0 Å². The number of hydrogen-bond acceptors (Lipinski definition) is 4. The fraction of sp³-hybridized carbons (Fsp3) is 0.267. The molecule has 0 bridgehead atoms. The molecule has 4 nitrogen and oxygen atoms in total. The summed E-state index contributed by atoms with van der Waals surface area (Å²) in [6.07, 6.45) is -0.910. The molecule has 0 N–H and O–H groups in total. The number of nitrogens with zero attached hydrogens (tertiary/aromatic N) is 3. The summed E-state index contributed by atoms with van der Waals surface area (Å²) in [7, 11) is 0. The molecule has 0 fully saturated rings. The van der Waals surface area contributed by atoms with Crippen LogP contribution in [0.15, 0.2) is 37.4 Å². The van der Waals surface area contributed by atoms with E-state index in [1.165, 1.54) is 24.7 Å². The highest BCUT2D eigenvalue weighted by atomic mass is 19.4. The number of ether oxygens (including phenoxy) is 1. The van der Waals surface area contributed by atoms with Crippen molar-refractivity contribution in [3.63, 3.8) is 0 Å². The second-order valence-electron chi connectivity index (χ2n) is 4.60. The normalized spacial score (nSPS) is 12.8. The van der Waals surface area contributed by atoms with Crippen LogP contribution >= 0.6 is 0 Å². The van der Waals surface area contributed by atoms with Crippen molar-refractivity contribution in [2.24, 2.45) is 0 Å². The van der Waals surface area contributed by atoms with Crippen LogP contribution < -0.4 is 0 Å². The molecule has 0 aliphatic heterocycles. The van der Waals surface area contributed by atoms with E-state index < -0.39 is 18.0 Å². The standard InChI is InChI=1S/C15H14F3N3O/c1-4-22-9(2)12-5-6-13(15(16,17)18)21-14(12)11-7-19-10(3)20-8-11/h4-9H,1H2,2-3H3. The van der Waals surface area contributed by atoms with Gasteiger partial charge in [0.1, 0.15) is 17.6 Å². The molecular weight excluding hydrogens is 295 g/mol. The van der Waals surface area contributed by atoms with Crippen molar-refractivity contribution in [1.29, 1.82) is 0 Å². The molecule has 0 aliphatic rings. The Bertz CT molecular complexity index is 669. The molecule has 1 unspecified atom stereocenters. The minimum atomic E-state index is -4.53. The predicted molar refractivity (Wildman–Crippen MR) is 74.7 cm³/mol. The maximum Gasteiger partial charge on any atom is 0.433 e. The van der Waals surface area contributed by atoms with Crippen LogP contribution in [0.1, 0.15) is 30.1 Å². The highest BCUT2D eigenvalue weighted by molar-refractivity contribution is 5.62. The summed E-state index contributed by atoms with van der Waals surface area (Å²) in [4.78, 5) is 11.7. The molecule has 2 rings (SSSR count). The summed E-state index contributed by atoms with van der Waals surface area (Å²) in [5.74, 6) is 0.521. The maximum atomic E-state index is 12.9. The van der Waals surface area contributed by atoms with Crippen molar-refractivity contribution in [2.45, 2.75) is 26.1 Å². The fourth-order valence-electron chi connectivity index (χ4n) is 1.92. The number of aromatic nitrogens is 3. The van der Waals surface area contributed by atoms with Gasteiger partial charge in [-0.3, -0.25) is 0 Å². The summed E-state index contributed by atoms with van der Waals surface area (Å²) in [5.41, 5.74) is 0.0633. The molecule has 0 radical (unpaired) electrons. The zero-order valence-corrected chi connectivity index (χ0v) is 12.1. The van der Waals surface area contributed by atoms with Crippen LogP contribution in [0.2, 0.25) is 0 Å². The van der Waals surface area contributed by atoms with E-state index in [0.717, 1.165) is 6.07 Å². The van der Waals surface area contributed by atoms with E-state index in [0.29, 0.717) is 17.0 Å². The molecule has 0 saturated heterocycles. The van der Waals surface area contributed by atoms with Gasteiger partial charge in [0.05, 0.1) is 12.0 Å². The zero-order chi connectivity index (χ0) is 16.3. The van der Waals surface area contributed by atoms with Gasteiger partial charge in [-0.15, -0.1) is 0 Å². The summed E-state index contributed by atoms with van der Waals surface area (Å²) in [6.45, 7) is 6.84. The van der Waals surface area contributed by atoms with Crippen molar-refractivity contribution in [1.82, 2.24) is 15.0 Å². The lowest BCUT2D eigenvalue weighted by molar-refractivity contribution is -0.141. The largest absolute Gasteiger partial charge is 0.494 e. The van der Waals surface area contributed by atoms with Gasteiger partial charge in [-0.1, -0.05) is 12.6 Å². The summed E-state index contributed by atoms with van der Waals surface area (Å²) < 4.78 is 43.9. The van der Waals surface area contributed by atoms with Gasteiger partial charge < -0.3 is 4.74 Å². The Morgan fingerprint density at radius 1 is 1.23 bits per heavy atom. The highest BCUT2D eigenvalue weighted by Gasteiger charge is 2.33. The van der Waals surface area contributed by atoms with E-state index in [9.17, 15) is 13.2 Å². The molecule has 2 aromatic heterocycles. The Balaban J connectivity index is 2.59. The molecule has 1 atom stereocenters. The van der Waals surface area contributed by atoms with E-state index in [2.05, 4.69) is 21.5 Å². The van der Waals surface area contributed by atoms with Crippen LogP contribution in [0.5, 0.6) is 0 Å². The van der Waals surface area contributed by atoms with Gasteiger partial charge in [0.15, 0.2) is 0 Å². The minimum absolute atomic E-state index is 0.143. The first-order valence-electron chi connectivity index (χ1n) is 6.46. The number of pyridine rings is 1. The van der Waals surface area contributed by atoms with Crippen molar-refractivity contribution in [3.8, 4) is 11.3 Å². The van der Waals surface area contributed by atoms with Crippen molar-refractivity contribution in [3.05, 3.63) is 54.4 Å². The molecule has 2 aromatic rings. The third-order valence-electron chi connectivity index (χ3n) is 3.01. The van der Waals surface area contributed by atoms with Crippen LogP contribution in [0.25, 0.3) is 11.3 Å². The molecule has 7 heteroatoms. The maximum absolute atomic E-state index is 12.9. The van der Waals surface area contributed by atoms with Gasteiger partial charge in [0.2, 0.25) is 0 Å². The Morgan fingerprint density at radius 3 is 2.41 bits per heavy atom. The third kappa shape index (κ3) is 3.41. The molecule has 0 saturated carbocycles. The number of rotatable bonds is 4. The lowest BCUT2D eigenvalue weighted by Crippen LogP contribution is -2.11. The van der Waals surface area contributed by atoms with Crippen LogP contribution in [0.3, 0.4) is 0 Å². The van der Waals surface area contributed by atoms with Gasteiger partial charge in [-0.25, -0.2) is 15.0 Å². The third-order valence-corrected chi connectivity index (χ3v) is 3.01. The Hall–Kier alpha value is -2.44. The van der Waals surface area contributed by atoms with E-state index in [-0.39, 0.29) is 5.69 Å². The Labute approximate surface area is 125 Å². The molecule has 0 amide bonds.